The number of alkyl carbamates (subject to hydrolysis) is 1. The Morgan fingerprint density at radius 3 is 2.13 bits per heavy atom. The number of hydrogen-bond donors (Lipinski definition) is 2. The summed E-state index contributed by atoms with van der Waals surface area (Å²) in [5.41, 5.74) is 1.66. The van der Waals surface area contributed by atoms with E-state index < -0.39 is 35.7 Å². The molecule has 1 aromatic carbocycles. The van der Waals surface area contributed by atoms with Crippen molar-refractivity contribution in [2.45, 2.75) is 105 Å². The Hall–Kier alpha value is -3.10. The van der Waals surface area contributed by atoms with Gasteiger partial charge in [-0.3, -0.25) is 14.4 Å². The van der Waals surface area contributed by atoms with Crippen molar-refractivity contribution in [1.82, 2.24) is 15.5 Å². The number of carbonyl (C=O) groups excluding carboxylic acids is 4. The Balaban J connectivity index is 3.59. The number of methoxy groups -OCH3 is 1. The van der Waals surface area contributed by atoms with Crippen LogP contribution in [0.1, 0.15) is 96.4 Å². The van der Waals surface area contributed by atoms with E-state index in [9.17, 15) is 19.2 Å². The molecule has 0 aliphatic heterocycles. The molecule has 2 atom stereocenters. The number of esters is 1. The van der Waals surface area contributed by atoms with E-state index in [0.717, 1.165) is 30.4 Å². The number of carbonyl (C=O) groups is 4. The van der Waals surface area contributed by atoms with E-state index in [4.69, 9.17) is 9.47 Å². The first-order valence-electron chi connectivity index (χ1n) is 13.9. The van der Waals surface area contributed by atoms with Crippen LogP contribution in [-0.4, -0.2) is 60.6 Å². The molecule has 220 valence electrons. The fraction of sp³-hybridized carbons (Fsp3) is 0.667. The zero-order chi connectivity index (χ0) is 29.8. The van der Waals surface area contributed by atoms with E-state index in [-0.39, 0.29) is 18.4 Å². The third-order valence-electron chi connectivity index (χ3n) is 6.24. The highest BCUT2D eigenvalue weighted by atomic mass is 16.6. The number of aryl methyl sites for hydroxylation is 2. The summed E-state index contributed by atoms with van der Waals surface area (Å²) in [5, 5.41) is 5.42. The Labute approximate surface area is 234 Å². The minimum Gasteiger partial charge on any atom is -0.468 e. The largest absolute Gasteiger partial charge is 0.468 e. The van der Waals surface area contributed by atoms with E-state index in [1.807, 2.05) is 45.9 Å². The average Bonchev–Trinajstić information content (AvgIpc) is 2.83. The summed E-state index contributed by atoms with van der Waals surface area (Å²) in [5.74, 6) is -1.36. The van der Waals surface area contributed by atoms with Crippen molar-refractivity contribution in [3.8, 4) is 0 Å². The van der Waals surface area contributed by atoms with Crippen LogP contribution < -0.4 is 10.6 Å². The normalized spacial score (nSPS) is 12.9. The molecule has 0 spiro atoms. The van der Waals surface area contributed by atoms with Gasteiger partial charge in [-0.05, 0) is 70.1 Å². The molecule has 0 aliphatic carbocycles. The lowest BCUT2D eigenvalue weighted by Crippen LogP contribution is -2.54. The van der Waals surface area contributed by atoms with Crippen molar-refractivity contribution < 1.29 is 28.7 Å². The van der Waals surface area contributed by atoms with Crippen LogP contribution in [0.2, 0.25) is 0 Å². The van der Waals surface area contributed by atoms with Crippen LogP contribution in [0.5, 0.6) is 0 Å². The van der Waals surface area contributed by atoms with Gasteiger partial charge < -0.3 is 25.0 Å². The van der Waals surface area contributed by atoms with Gasteiger partial charge in [-0.2, -0.15) is 0 Å². The summed E-state index contributed by atoms with van der Waals surface area (Å²) in [7, 11) is 1.25. The number of unbranched alkanes of at least 4 members (excludes halogenated alkanes) is 3. The van der Waals surface area contributed by atoms with Crippen molar-refractivity contribution in [2.24, 2.45) is 5.92 Å². The lowest BCUT2D eigenvalue weighted by Gasteiger charge is -2.36. The summed E-state index contributed by atoms with van der Waals surface area (Å²) >= 11 is 0. The highest BCUT2D eigenvalue weighted by Crippen LogP contribution is 2.29. The zero-order valence-electron chi connectivity index (χ0n) is 25.3. The quantitative estimate of drug-likeness (QED) is 0.251. The van der Waals surface area contributed by atoms with Crippen LogP contribution >= 0.6 is 0 Å². The Bertz CT molecular complexity index is 950. The molecule has 2 N–H and O–H groups in total. The van der Waals surface area contributed by atoms with Crippen molar-refractivity contribution in [2.75, 3.05) is 20.2 Å². The molecule has 1 aromatic rings. The maximum atomic E-state index is 14.3. The highest BCUT2D eigenvalue weighted by Gasteiger charge is 2.37. The molecular weight excluding hydrogens is 498 g/mol. The summed E-state index contributed by atoms with van der Waals surface area (Å²) in [4.78, 5) is 54.1. The number of rotatable bonds is 14. The van der Waals surface area contributed by atoms with Crippen LogP contribution in [0.15, 0.2) is 18.2 Å². The fourth-order valence-corrected chi connectivity index (χ4v) is 4.43. The predicted octanol–water partition coefficient (Wildman–Crippen LogP) is 4.98. The van der Waals surface area contributed by atoms with Gasteiger partial charge in [-0.15, -0.1) is 0 Å². The van der Waals surface area contributed by atoms with Crippen LogP contribution in [0, 0.1) is 19.8 Å². The molecule has 1 rings (SSSR count). The van der Waals surface area contributed by atoms with Gasteiger partial charge in [0.25, 0.3) is 0 Å². The number of ether oxygens (including phenoxy) is 2. The second kappa shape index (κ2) is 16.1. The van der Waals surface area contributed by atoms with Gasteiger partial charge in [-0.1, -0.05) is 58.2 Å². The number of nitrogens with zero attached hydrogens (tertiary/aromatic N) is 1. The van der Waals surface area contributed by atoms with Crippen molar-refractivity contribution in [3.05, 3.63) is 34.9 Å². The van der Waals surface area contributed by atoms with Crippen molar-refractivity contribution in [1.29, 1.82) is 0 Å². The average molecular weight is 548 g/mol. The van der Waals surface area contributed by atoms with Crippen molar-refractivity contribution in [3.63, 3.8) is 0 Å². The summed E-state index contributed by atoms with van der Waals surface area (Å²) < 4.78 is 10.2. The van der Waals surface area contributed by atoms with E-state index in [0.29, 0.717) is 24.9 Å². The van der Waals surface area contributed by atoms with Gasteiger partial charge >= 0.3 is 12.1 Å². The molecule has 9 nitrogen and oxygen atoms in total. The van der Waals surface area contributed by atoms with E-state index >= 15 is 0 Å². The minimum absolute atomic E-state index is 0.0858. The van der Waals surface area contributed by atoms with E-state index in [1.54, 1.807) is 25.7 Å². The second-order valence-electron chi connectivity index (χ2n) is 11.4. The Kier molecular flexibility index (Phi) is 14.0. The third-order valence-corrected chi connectivity index (χ3v) is 6.24. The lowest BCUT2D eigenvalue weighted by atomic mass is 9.92. The predicted molar refractivity (Wildman–Crippen MR) is 152 cm³/mol. The molecule has 9 heteroatoms. The van der Waals surface area contributed by atoms with E-state index in [1.165, 1.54) is 7.11 Å². The van der Waals surface area contributed by atoms with Crippen LogP contribution in [0.25, 0.3) is 0 Å². The first-order valence-corrected chi connectivity index (χ1v) is 13.9. The molecular formula is C30H49N3O6. The topological polar surface area (TPSA) is 114 Å². The molecule has 0 heterocycles. The molecule has 0 fully saturated rings. The van der Waals surface area contributed by atoms with Crippen LogP contribution in [-0.2, 0) is 23.9 Å². The molecule has 0 radical (unpaired) electrons. The molecule has 0 aliphatic rings. The van der Waals surface area contributed by atoms with Gasteiger partial charge in [0.05, 0.1) is 7.11 Å². The standard InChI is InChI=1S/C30H49N3O6/c1-10-11-12-13-17-33(28(36)23(18-20(2)3)32-29(37)39-30(6,7)8)26(27(35)31-19-24(34)38-9)25-21(4)15-14-16-22(25)5/h14-16,20,23,26H,10-13,17-19H2,1-9H3,(H,31,35)(H,32,37). The van der Waals surface area contributed by atoms with Gasteiger partial charge in [-0.25, -0.2) is 4.79 Å². The van der Waals surface area contributed by atoms with Crippen molar-refractivity contribution >= 4 is 23.9 Å². The fourth-order valence-electron chi connectivity index (χ4n) is 4.43. The minimum atomic E-state index is -1.000. The summed E-state index contributed by atoms with van der Waals surface area (Å²) in [6, 6.07) is 3.79. The smallest absolute Gasteiger partial charge is 0.408 e. The Morgan fingerprint density at radius 2 is 1.62 bits per heavy atom. The third kappa shape index (κ3) is 11.7. The Morgan fingerprint density at radius 1 is 1.00 bits per heavy atom. The van der Waals surface area contributed by atoms with Gasteiger partial charge in [0.2, 0.25) is 11.8 Å². The monoisotopic (exact) mass is 547 g/mol. The number of nitrogens with one attached hydrogen (secondary N) is 2. The van der Waals surface area contributed by atoms with Gasteiger partial charge in [0.15, 0.2) is 0 Å². The highest BCUT2D eigenvalue weighted by molar-refractivity contribution is 5.93. The van der Waals surface area contributed by atoms with Crippen LogP contribution in [0.4, 0.5) is 4.79 Å². The molecule has 2 unspecified atom stereocenters. The molecule has 3 amide bonds. The molecule has 0 saturated carbocycles. The molecule has 39 heavy (non-hydrogen) atoms. The van der Waals surface area contributed by atoms with Crippen LogP contribution in [0.3, 0.4) is 0 Å². The summed E-state index contributed by atoms with van der Waals surface area (Å²) in [6.45, 7) is 15.1. The van der Waals surface area contributed by atoms with E-state index in [2.05, 4.69) is 17.6 Å². The number of amides is 3. The SMILES string of the molecule is CCCCCCN(C(=O)C(CC(C)C)NC(=O)OC(C)(C)C)C(C(=O)NCC(=O)OC)c1c(C)cccc1C. The molecule has 0 bridgehead atoms. The lowest BCUT2D eigenvalue weighted by molar-refractivity contribution is -0.145. The maximum Gasteiger partial charge on any atom is 0.408 e. The zero-order valence-corrected chi connectivity index (χ0v) is 25.3. The molecule has 0 saturated heterocycles. The number of benzene rings is 1. The summed E-state index contributed by atoms with van der Waals surface area (Å²) in [6.07, 6.45) is 3.27. The van der Waals surface area contributed by atoms with Gasteiger partial charge in [0, 0.05) is 6.54 Å². The molecule has 0 aromatic heterocycles. The first-order chi connectivity index (χ1) is 18.2. The van der Waals surface area contributed by atoms with Gasteiger partial charge in [0.1, 0.15) is 24.2 Å². The maximum absolute atomic E-state index is 14.3. The first kappa shape index (κ1) is 33.9. The second-order valence-corrected chi connectivity index (χ2v) is 11.4. The number of hydrogen-bond acceptors (Lipinski definition) is 6.